The van der Waals surface area contributed by atoms with Gasteiger partial charge in [-0.25, -0.2) is 0 Å². The average Bonchev–Trinajstić information content (AvgIpc) is 2.67. The van der Waals surface area contributed by atoms with Crippen molar-refractivity contribution in [3.05, 3.63) is 58.1 Å². The summed E-state index contributed by atoms with van der Waals surface area (Å²) < 4.78 is 0. The molecule has 2 aromatic carbocycles. The highest BCUT2D eigenvalue weighted by molar-refractivity contribution is 6.32. The molecule has 1 saturated heterocycles. The number of ketones is 1. The van der Waals surface area contributed by atoms with Gasteiger partial charge in [-0.05, 0) is 50.1 Å². The van der Waals surface area contributed by atoms with Gasteiger partial charge in [0, 0.05) is 35.1 Å². The average molecular weight is 396 g/mol. The van der Waals surface area contributed by atoms with Crippen LogP contribution in [0.2, 0.25) is 5.02 Å². The smallest absolute Gasteiger partial charge is 0.238 e. The first-order valence-corrected chi connectivity index (χ1v) is 9.80. The molecule has 0 saturated carbocycles. The van der Waals surface area contributed by atoms with Crippen LogP contribution in [0.15, 0.2) is 41.4 Å². The van der Waals surface area contributed by atoms with Gasteiger partial charge in [-0.15, -0.1) is 0 Å². The van der Waals surface area contributed by atoms with Gasteiger partial charge in [0.1, 0.15) is 0 Å². The Morgan fingerprint density at radius 3 is 2.71 bits per heavy atom. The van der Waals surface area contributed by atoms with Crippen molar-refractivity contribution in [2.75, 3.05) is 25.0 Å². The summed E-state index contributed by atoms with van der Waals surface area (Å²) in [5.41, 5.74) is 5.01. The lowest BCUT2D eigenvalue weighted by atomic mass is 9.84. The van der Waals surface area contributed by atoms with E-state index in [1.165, 1.54) is 0 Å². The molecule has 144 valence electrons. The second-order valence-corrected chi connectivity index (χ2v) is 7.90. The number of nitrogens with one attached hydrogen (secondary N) is 1. The highest BCUT2D eigenvalue weighted by Crippen LogP contribution is 2.37. The summed E-state index contributed by atoms with van der Waals surface area (Å²) in [6.45, 7) is 5.38. The van der Waals surface area contributed by atoms with Crippen molar-refractivity contribution in [3.8, 4) is 0 Å². The first-order valence-electron chi connectivity index (χ1n) is 9.42. The van der Waals surface area contributed by atoms with Crippen molar-refractivity contribution in [3.63, 3.8) is 0 Å². The molecule has 2 aromatic rings. The Labute approximate surface area is 169 Å². The molecular weight excluding hydrogens is 374 g/mol. The Kier molecular flexibility index (Phi) is 5.04. The molecule has 6 heteroatoms. The second kappa shape index (κ2) is 7.49. The number of carbonyl (C=O) groups is 2. The zero-order chi connectivity index (χ0) is 19.8. The molecule has 1 amide bonds. The third-order valence-corrected chi connectivity index (χ3v) is 5.84. The van der Waals surface area contributed by atoms with E-state index >= 15 is 0 Å². The predicted octanol–water partition coefficient (Wildman–Crippen LogP) is 4.19. The van der Waals surface area contributed by atoms with Gasteiger partial charge in [-0.1, -0.05) is 29.3 Å². The zero-order valence-corrected chi connectivity index (χ0v) is 16.7. The molecule has 0 spiro atoms. The molecule has 4 rings (SSSR count). The Balaban J connectivity index is 1.45. The number of aryl methyl sites for hydroxylation is 1. The summed E-state index contributed by atoms with van der Waals surface area (Å²) in [6.07, 6.45) is 0.680. The molecular formula is C22H22ClN3O2. The SMILES string of the molecule is Cc1ccc(NC(=O)CN2CCC3=Nc4c(ccc(Cl)c4C)C(=O)C3C2)cc1. The number of rotatable bonds is 3. The summed E-state index contributed by atoms with van der Waals surface area (Å²) in [6, 6.07) is 11.2. The number of anilines is 1. The Morgan fingerprint density at radius 1 is 1.21 bits per heavy atom. The molecule has 1 fully saturated rings. The maximum Gasteiger partial charge on any atom is 0.238 e. The standard InChI is InChI=1S/C22H22ClN3O2/c1-13-3-5-15(6-4-13)24-20(27)12-26-10-9-19-17(11-26)22(28)16-7-8-18(23)14(2)21(16)25-19/h3-8,17H,9-12H2,1-2H3,(H,24,27). The molecule has 2 heterocycles. The summed E-state index contributed by atoms with van der Waals surface area (Å²) in [5, 5.41) is 3.54. The van der Waals surface area contributed by atoms with Crippen LogP contribution in [0.25, 0.3) is 0 Å². The predicted molar refractivity (Wildman–Crippen MR) is 112 cm³/mol. The molecule has 0 aromatic heterocycles. The van der Waals surface area contributed by atoms with Crippen LogP contribution in [-0.2, 0) is 4.79 Å². The van der Waals surface area contributed by atoms with Crippen molar-refractivity contribution in [1.82, 2.24) is 4.90 Å². The molecule has 0 bridgehead atoms. The van der Waals surface area contributed by atoms with Crippen LogP contribution >= 0.6 is 11.6 Å². The van der Waals surface area contributed by atoms with Crippen LogP contribution in [0, 0.1) is 19.8 Å². The fourth-order valence-electron chi connectivity index (χ4n) is 3.80. The molecule has 1 N–H and O–H groups in total. The number of hydrogen-bond acceptors (Lipinski definition) is 4. The summed E-state index contributed by atoms with van der Waals surface area (Å²) in [7, 11) is 0. The number of nitrogens with zero attached hydrogens (tertiary/aromatic N) is 2. The van der Waals surface area contributed by atoms with Crippen LogP contribution in [0.3, 0.4) is 0 Å². The van der Waals surface area contributed by atoms with E-state index in [1.54, 1.807) is 12.1 Å². The van der Waals surface area contributed by atoms with Crippen LogP contribution in [-0.4, -0.2) is 41.9 Å². The number of piperidine rings is 1. The first-order chi connectivity index (χ1) is 13.4. The number of hydrogen-bond donors (Lipinski definition) is 1. The topological polar surface area (TPSA) is 61.8 Å². The van der Waals surface area contributed by atoms with Gasteiger partial charge in [0.25, 0.3) is 0 Å². The minimum atomic E-state index is -0.283. The number of carbonyl (C=O) groups excluding carboxylic acids is 2. The van der Waals surface area contributed by atoms with Gasteiger partial charge in [-0.2, -0.15) is 0 Å². The number of aliphatic imine (C=N–C) groups is 1. The van der Waals surface area contributed by atoms with Crippen LogP contribution in [0.5, 0.6) is 0 Å². The fraction of sp³-hybridized carbons (Fsp3) is 0.318. The third kappa shape index (κ3) is 3.60. The van der Waals surface area contributed by atoms with Gasteiger partial charge in [0.2, 0.25) is 5.91 Å². The molecule has 0 radical (unpaired) electrons. The molecule has 5 nitrogen and oxygen atoms in total. The lowest BCUT2D eigenvalue weighted by molar-refractivity contribution is -0.117. The number of amides is 1. The second-order valence-electron chi connectivity index (χ2n) is 7.49. The largest absolute Gasteiger partial charge is 0.325 e. The van der Waals surface area contributed by atoms with Crippen molar-refractivity contribution in [2.45, 2.75) is 20.3 Å². The van der Waals surface area contributed by atoms with Crippen molar-refractivity contribution >= 4 is 40.4 Å². The van der Waals surface area contributed by atoms with Crippen molar-refractivity contribution in [2.24, 2.45) is 10.9 Å². The lowest BCUT2D eigenvalue weighted by Crippen LogP contribution is -2.47. The minimum Gasteiger partial charge on any atom is -0.325 e. The number of fused-ring (bicyclic) bond motifs is 2. The highest BCUT2D eigenvalue weighted by Gasteiger charge is 2.36. The van der Waals surface area contributed by atoms with E-state index in [0.717, 1.165) is 22.5 Å². The van der Waals surface area contributed by atoms with Gasteiger partial charge < -0.3 is 5.32 Å². The first kappa shape index (κ1) is 18.8. The van der Waals surface area contributed by atoms with E-state index in [1.807, 2.05) is 43.0 Å². The molecule has 1 unspecified atom stereocenters. The van der Waals surface area contributed by atoms with E-state index in [9.17, 15) is 9.59 Å². The van der Waals surface area contributed by atoms with E-state index in [-0.39, 0.29) is 24.2 Å². The zero-order valence-electron chi connectivity index (χ0n) is 16.0. The van der Waals surface area contributed by atoms with E-state index in [4.69, 9.17) is 16.6 Å². The number of likely N-dealkylation sites (tertiary alicyclic amines) is 1. The van der Waals surface area contributed by atoms with Crippen LogP contribution < -0.4 is 5.32 Å². The highest BCUT2D eigenvalue weighted by atomic mass is 35.5. The monoisotopic (exact) mass is 395 g/mol. The van der Waals surface area contributed by atoms with Crippen LogP contribution in [0.4, 0.5) is 11.4 Å². The van der Waals surface area contributed by atoms with Gasteiger partial charge in [0.15, 0.2) is 5.78 Å². The summed E-state index contributed by atoms with van der Waals surface area (Å²) in [4.78, 5) is 32.2. The third-order valence-electron chi connectivity index (χ3n) is 5.43. The quantitative estimate of drug-likeness (QED) is 0.847. The van der Waals surface area contributed by atoms with Gasteiger partial charge >= 0.3 is 0 Å². The number of halogens is 1. The Hall–Kier alpha value is -2.50. The minimum absolute atomic E-state index is 0.0726. The molecule has 2 aliphatic rings. The molecule has 2 aliphatic heterocycles. The van der Waals surface area contributed by atoms with Gasteiger partial charge in [-0.3, -0.25) is 19.5 Å². The number of benzene rings is 2. The van der Waals surface area contributed by atoms with Crippen molar-refractivity contribution in [1.29, 1.82) is 0 Å². The van der Waals surface area contributed by atoms with Crippen molar-refractivity contribution < 1.29 is 9.59 Å². The maximum atomic E-state index is 13.0. The maximum absolute atomic E-state index is 13.0. The molecule has 1 atom stereocenters. The fourth-order valence-corrected chi connectivity index (χ4v) is 3.96. The molecule has 28 heavy (non-hydrogen) atoms. The number of Topliss-reactive ketones (excluding diaryl/α,β-unsaturated/α-hetero) is 1. The normalized spacial score (nSPS) is 18.9. The Bertz CT molecular complexity index is 982. The van der Waals surface area contributed by atoms with E-state index < -0.39 is 0 Å². The van der Waals surface area contributed by atoms with E-state index in [2.05, 4.69) is 5.32 Å². The Morgan fingerprint density at radius 2 is 1.96 bits per heavy atom. The lowest BCUT2D eigenvalue weighted by Gasteiger charge is -2.35. The summed E-state index contributed by atoms with van der Waals surface area (Å²) in [5.74, 6) is -0.284. The van der Waals surface area contributed by atoms with E-state index in [0.29, 0.717) is 35.8 Å². The molecule has 0 aliphatic carbocycles. The summed E-state index contributed by atoms with van der Waals surface area (Å²) >= 11 is 6.19. The van der Waals surface area contributed by atoms with Crippen LogP contribution in [0.1, 0.15) is 27.9 Å². The van der Waals surface area contributed by atoms with Gasteiger partial charge in [0.05, 0.1) is 18.2 Å².